The number of nitrogens with one attached hydrogen (secondary N) is 1. The van der Waals surface area contributed by atoms with Crippen LogP contribution in [-0.4, -0.2) is 92.1 Å². The lowest BCUT2D eigenvalue weighted by molar-refractivity contribution is -0.197. The van der Waals surface area contributed by atoms with Gasteiger partial charge in [-0.15, -0.1) is 0 Å². The van der Waals surface area contributed by atoms with E-state index in [4.69, 9.17) is 0 Å². The molecule has 1 aromatic heterocycles. The topological polar surface area (TPSA) is 126 Å². The number of carbonyl (C=O) groups is 4. The number of para-hydroxylation sites is 1. The fraction of sp³-hybridized carbons (Fsp3) is 0.435. The third kappa shape index (κ3) is 4.03. The summed E-state index contributed by atoms with van der Waals surface area (Å²) in [7, 11) is 1.62. The van der Waals surface area contributed by atoms with Crippen LogP contribution in [0.3, 0.4) is 0 Å². The van der Waals surface area contributed by atoms with Gasteiger partial charge in [-0.2, -0.15) is 0 Å². The first-order valence-corrected chi connectivity index (χ1v) is 11.2. The standard InChI is InChI=1S/C23H28N6O5/c1-4-24-23(34)29-21-14(2)27(12-16-8-5-7-15-9-6-10-25-20(15)16)22(33)17(11-19(31)32)28(21)18(30)13-26(29)3/h5-10,14,17,21H,4,11-13H2,1-3H3,(H,24,34)(H,31,32)/t14-,17-,21-/m0/s1. The number of hydrazine groups is 1. The quantitative estimate of drug-likeness (QED) is 0.666. The highest BCUT2D eigenvalue weighted by Gasteiger charge is 2.54. The van der Waals surface area contributed by atoms with Gasteiger partial charge in [0.2, 0.25) is 11.8 Å². The maximum Gasteiger partial charge on any atom is 0.333 e. The first kappa shape index (κ1) is 23.4. The minimum absolute atomic E-state index is 0.142. The van der Waals surface area contributed by atoms with Crippen LogP contribution >= 0.6 is 0 Å². The monoisotopic (exact) mass is 468 g/mol. The second-order valence-electron chi connectivity index (χ2n) is 8.52. The minimum Gasteiger partial charge on any atom is -0.481 e. The molecule has 0 aliphatic carbocycles. The molecule has 0 unspecified atom stereocenters. The van der Waals surface area contributed by atoms with E-state index in [0.717, 1.165) is 16.5 Å². The molecular weight excluding hydrogens is 440 g/mol. The molecule has 0 radical (unpaired) electrons. The largest absolute Gasteiger partial charge is 0.481 e. The van der Waals surface area contributed by atoms with Gasteiger partial charge in [0.25, 0.3) is 0 Å². The first-order chi connectivity index (χ1) is 16.2. The summed E-state index contributed by atoms with van der Waals surface area (Å²) in [5, 5.41) is 16.1. The van der Waals surface area contributed by atoms with Crippen molar-refractivity contribution in [2.75, 3.05) is 20.1 Å². The van der Waals surface area contributed by atoms with Crippen molar-refractivity contribution >= 4 is 34.7 Å². The lowest BCUT2D eigenvalue weighted by Gasteiger charge is -2.57. The normalized spacial score (nSPS) is 23.3. The molecule has 0 bridgehead atoms. The average molecular weight is 469 g/mol. The molecule has 4 rings (SSSR count). The minimum atomic E-state index is -1.22. The van der Waals surface area contributed by atoms with Gasteiger partial charge in [-0.05, 0) is 25.5 Å². The number of carboxylic acid groups (broad SMARTS) is 1. The summed E-state index contributed by atoms with van der Waals surface area (Å²) >= 11 is 0. The Morgan fingerprint density at radius 1 is 1.21 bits per heavy atom. The van der Waals surface area contributed by atoms with Gasteiger partial charge < -0.3 is 20.2 Å². The smallest absolute Gasteiger partial charge is 0.333 e. The zero-order valence-electron chi connectivity index (χ0n) is 19.3. The van der Waals surface area contributed by atoms with Crippen LogP contribution < -0.4 is 5.32 Å². The van der Waals surface area contributed by atoms with Crippen molar-refractivity contribution in [3.8, 4) is 0 Å². The number of hydrogen-bond acceptors (Lipinski definition) is 6. The third-order valence-corrected chi connectivity index (χ3v) is 6.34. The summed E-state index contributed by atoms with van der Waals surface area (Å²) < 4.78 is 0. The highest BCUT2D eigenvalue weighted by atomic mass is 16.4. The Kier molecular flexibility index (Phi) is 6.38. The molecule has 0 spiro atoms. The zero-order valence-corrected chi connectivity index (χ0v) is 19.3. The number of piperazine rings is 1. The van der Waals surface area contributed by atoms with E-state index in [1.807, 2.05) is 30.3 Å². The molecule has 2 saturated heterocycles. The molecule has 3 heterocycles. The van der Waals surface area contributed by atoms with Crippen LogP contribution in [0.4, 0.5) is 4.79 Å². The summed E-state index contributed by atoms with van der Waals surface area (Å²) in [6.45, 7) is 3.95. The number of amides is 4. The molecule has 1 aromatic carbocycles. The fourth-order valence-corrected chi connectivity index (χ4v) is 4.85. The molecule has 3 atom stereocenters. The number of hydrogen-bond donors (Lipinski definition) is 2. The molecule has 2 N–H and O–H groups in total. The van der Waals surface area contributed by atoms with Gasteiger partial charge in [0, 0.05) is 31.7 Å². The van der Waals surface area contributed by atoms with E-state index in [1.54, 1.807) is 32.0 Å². The number of urea groups is 1. The van der Waals surface area contributed by atoms with E-state index in [1.165, 1.54) is 14.9 Å². The maximum absolute atomic E-state index is 13.6. The molecule has 2 aromatic rings. The number of pyridine rings is 1. The van der Waals surface area contributed by atoms with Crippen LogP contribution in [0.25, 0.3) is 10.9 Å². The van der Waals surface area contributed by atoms with Crippen molar-refractivity contribution < 1.29 is 24.3 Å². The Balaban J connectivity index is 1.78. The molecule has 2 fully saturated rings. The van der Waals surface area contributed by atoms with Gasteiger partial charge in [0.1, 0.15) is 12.2 Å². The Morgan fingerprint density at radius 3 is 2.65 bits per heavy atom. The number of carbonyl (C=O) groups excluding carboxylic acids is 3. The van der Waals surface area contributed by atoms with Gasteiger partial charge in [0.05, 0.1) is 24.5 Å². The third-order valence-electron chi connectivity index (χ3n) is 6.34. The van der Waals surface area contributed by atoms with Crippen LogP contribution in [0.2, 0.25) is 0 Å². The average Bonchev–Trinajstić information content (AvgIpc) is 2.79. The van der Waals surface area contributed by atoms with Gasteiger partial charge in [-0.3, -0.25) is 19.4 Å². The van der Waals surface area contributed by atoms with Crippen LogP contribution in [0.15, 0.2) is 36.5 Å². The molecule has 0 saturated carbocycles. The highest BCUT2D eigenvalue weighted by molar-refractivity contribution is 5.94. The maximum atomic E-state index is 13.6. The van der Waals surface area contributed by atoms with Crippen molar-refractivity contribution in [2.45, 2.75) is 45.1 Å². The number of benzene rings is 1. The molecule has 180 valence electrons. The lowest BCUT2D eigenvalue weighted by Crippen LogP contribution is -2.78. The number of nitrogens with zero attached hydrogens (tertiary/aromatic N) is 5. The number of fused-ring (bicyclic) bond motifs is 2. The van der Waals surface area contributed by atoms with Crippen LogP contribution in [-0.2, 0) is 20.9 Å². The molecule has 34 heavy (non-hydrogen) atoms. The van der Waals surface area contributed by atoms with Crippen molar-refractivity contribution in [2.24, 2.45) is 0 Å². The Hall–Kier alpha value is -3.73. The van der Waals surface area contributed by atoms with E-state index in [2.05, 4.69) is 10.3 Å². The Bertz CT molecular complexity index is 1130. The fourth-order valence-electron chi connectivity index (χ4n) is 4.85. The number of carboxylic acids is 1. The van der Waals surface area contributed by atoms with Crippen LogP contribution in [0.1, 0.15) is 25.8 Å². The van der Waals surface area contributed by atoms with Crippen molar-refractivity contribution in [1.29, 1.82) is 0 Å². The SMILES string of the molecule is CCNC(=O)N1[C@H]2[C@H](C)N(Cc3cccc4cccnc34)C(=O)[C@H](CC(=O)O)N2C(=O)CN1C. The van der Waals surface area contributed by atoms with Gasteiger partial charge in [-0.25, -0.2) is 14.8 Å². The number of aliphatic carboxylic acids is 1. The summed E-state index contributed by atoms with van der Waals surface area (Å²) in [6, 6.07) is 7.17. The first-order valence-electron chi connectivity index (χ1n) is 11.2. The van der Waals surface area contributed by atoms with E-state index in [9.17, 15) is 24.3 Å². The number of likely N-dealkylation sites (N-methyl/N-ethyl adjacent to an activating group) is 1. The Morgan fingerprint density at radius 2 is 1.94 bits per heavy atom. The van der Waals surface area contributed by atoms with E-state index < -0.39 is 48.5 Å². The molecule has 2 aliphatic rings. The molecule has 4 amide bonds. The number of rotatable bonds is 5. The molecule has 2 aliphatic heterocycles. The molecular formula is C23H28N6O5. The molecule has 11 heteroatoms. The lowest BCUT2D eigenvalue weighted by atomic mass is 9.97. The van der Waals surface area contributed by atoms with E-state index in [0.29, 0.717) is 6.54 Å². The van der Waals surface area contributed by atoms with Gasteiger partial charge >= 0.3 is 12.0 Å². The summed E-state index contributed by atoms with van der Waals surface area (Å²) in [4.78, 5) is 58.6. The van der Waals surface area contributed by atoms with Crippen LogP contribution in [0, 0.1) is 0 Å². The van der Waals surface area contributed by atoms with Crippen molar-refractivity contribution in [3.05, 3.63) is 42.1 Å². The predicted molar refractivity (Wildman–Crippen MR) is 122 cm³/mol. The van der Waals surface area contributed by atoms with E-state index in [-0.39, 0.29) is 13.1 Å². The van der Waals surface area contributed by atoms with E-state index >= 15 is 0 Å². The summed E-state index contributed by atoms with van der Waals surface area (Å²) in [5.41, 5.74) is 1.53. The predicted octanol–water partition coefficient (Wildman–Crippen LogP) is 0.855. The van der Waals surface area contributed by atoms with Crippen LogP contribution in [0.5, 0.6) is 0 Å². The van der Waals surface area contributed by atoms with Gasteiger partial charge in [0.15, 0.2) is 0 Å². The van der Waals surface area contributed by atoms with Crippen molar-refractivity contribution in [3.63, 3.8) is 0 Å². The second-order valence-corrected chi connectivity index (χ2v) is 8.52. The summed E-state index contributed by atoms with van der Waals surface area (Å²) in [5.74, 6) is -2.06. The second kappa shape index (κ2) is 9.26. The van der Waals surface area contributed by atoms with Gasteiger partial charge in [-0.1, -0.05) is 24.3 Å². The Labute approximate surface area is 196 Å². The summed E-state index contributed by atoms with van der Waals surface area (Å²) in [6.07, 6.45) is 0.265. The molecule has 11 nitrogen and oxygen atoms in total. The zero-order chi connectivity index (χ0) is 24.6. The highest BCUT2D eigenvalue weighted by Crippen LogP contribution is 2.33. The number of aromatic nitrogens is 1. The van der Waals surface area contributed by atoms with Crippen molar-refractivity contribution in [1.82, 2.24) is 30.1 Å².